The number of hydrogen-bond donors (Lipinski definition) is 3. The topological polar surface area (TPSA) is 118 Å². The Labute approximate surface area is 128 Å². The maximum Gasteiger partial charge on any atom is 0.307 e. The summed E-state index contributed by atoms with van der Waals surface area (Å²) in [5.41, 5.74) is 7.68. The Morgan fingerprint density at radius 2 is 2.00 bits per heavy atom. The van der Waals surface area contributed by atoms with Crippen molar-refractivity contribution >= 4 is 5.97 Å². The summed E-state index contributed by atoms with van der Waals surface area (Å²) >= 11 is 0. The number of benzene rings is 1. The van der Waals surface area contributed by atoms with E-state index in [1.54, 1.807) is 0 Å². The van der Waals surface area contributed by atoms with Crippen LogP contribution in [0, 0.1) is 5.92 Å². The zero-order valence-electron chi connectivity index (χ0n) is 12.6. The van der Waals surface area contributed by atoms with E-state index in [2.05, 4.69) is 20.6 Å². The second-order valence-corrected chi connectivity index (χ2v) is 5.33. The molecule has 7 nitrogen and oxygen atoms in total. The summed E-state index contributed by atoms with van der Waals surface area (Å²) in [6.07, 6.45) is 1.92. The molecule has 0 saturated heterocycles. The van der Waals surface area contributed by atoms with Gasteiger partial charge in [-0.25, -0.2) is 0 Å². The molecule has 0 aliphatic heterocycles. The summed E-state index contributed by atoms with van der Waals surface area (Å²) in [7, 11) is 0. The predicted molar refractivity (Wildman–Crippen MR) is 81.0 cm³/mol. The van der Waals surface area contributed by atoms with Gasteiger partial charge in [-0.15, -0.1) is 10.2 Å². The lowest BCUT2D eigenvalue weighted by Crippen LogP contribution is -2.25. The van der Waals surface area contributed by atoms with Crippen LogP contribution in [0.25, 0.3) is 0 Å². The van der Waals surface area contributed by atoms with E-state index in [1.807, 2.05) is 31.2 Å². The zero-order chi connectivity index (χ0) is 15.9. The van der Waals surface area contributed by atoms with Crippen LogP contribution in [0.2, 0.25) is 0 Å². The summed E-state index contributed by atoms with van der Waals surface area (Å²) in [5.74, 6) is -1.21. The molecule has 2 atom stereocenters. The van der Waals surface area contributed by atoms with Crippen molar-refractivity contribution < 1.29 is 9.90 Å². The monoisotopic (exact) mass is 303 g/mol. The molecule has 1 aromatic carbocycles. The van der Waals surface area contributed by atoms with Crippen molar-refractivity contribution in [3.63, 3.8) is 0 Å². The lowest BCUT2D eigenvalue weighted by molar-refractivity contribution is -0.142. The molecule has 0 spiro atoms. The summed E-state index contributed by atoms with van der Waals surface area (Å²) in [6.45, 7) is 2.46. The molecule has 0 saturated carbocycles. The molecule has 2 rings (SSSR count). The number of aromatic nitrogens is 4. The first kappa shape index (κ1) is 16.1. The number of rotatable bonds is 8. The van der Waals surface area contributed by atoms with Gasteiger partial charge in [-0.05, 0) is 24.0 Å². The van der Waals surface area contributed by atoms with E-state index in [0.29, 0.717) is 25.2 Å². The quantitative estimate of drug-likeness (QED) is 0.680. The Morgan fingerprint density at radius 1 is 1.32 bits per heavy atom. The molecule has 2 unspecified atom stereocenters. The molecule has 0 amide bonds. The smallest absolute Gasteiger partial charge is 0.307 e. The summed E-state index contributed by atoms with van der Waals surface area (Å²) < 4.78 is 0. The van der Waals surface area contributed by atoms with Crippen LogP contribution in [0.15, 0.2) is 24.3 Å². The van der Waals surface area contributed by atoms with Gasteiger partial charge in [0.05, 0.1) is 5.92 Å². The minimum absolute atomic E-state index is 0.306. The van der Waals surface area contributed by atoms with Gasteiger partial charge in [0.25, 0.3) is 0 Å². The number of hydrogen-bond acceptors (Lipinski definition) is 5. The maximum absolute atomic E-state index is 11.6. The average molecular weight is 303 g/mol. The molecule has 0 aliphatic carbocycles. The Balaban J connectivity index is 2.25. The first-order valence-electron chi connectivity index (χ1n) is 7.39. The van der Waals surface area contributed by atoms with Crippen molar-refractivity contribution in [3.05, 3.63) is 41.2 Å². The first-order valence-corrected chi connectivity index (χ1v) is 7.39. The van der Waals surface area contributed by atoms with E-state index in [0.717, 1.165) is 17.5 Å². The molecule has 0 bridgehead atoms. The van der Waals surface area contributed by atoms with E-state index in [1.165, 1.54) is 0 Å². The number of nitrogens with one attached hydrogen (secondary N) is 1. The molecule has 1 heterocycles. The van der Waals surface area contributed by atoms with Gasteiger partial charge in [0.1, 0.15) is 0 Å². The highest BCUT2D eigenvalue weighted by Gasteiger charge is 2.31. The molecule has 7 heteroatoms. The highest BCUT2D eigenvalue weighted by atomic mass is 16.4. The second-order valence-electron chi connectivity index (χ2n) is 5.33. The molecule has 0 radical (unpaired) electrons. The molecule has 1 aromatic heterocycles. The number of tetrazole rings is 1. The summed E-state index contributed by atoms with van der Waals surface area (Å²) in [4.78, 5) is 11.6. The number of carboxylic acids is 1. The van der Waals surface area contributed by atoms with Gasteiger partial charge in [0.2, 0.25) is 0 Å². The van der Waals surface area contributed by atoms with Crippen molar-refractivity contribution in [1.29, 1.82) is 0 Å². The van der Waals surface area contributed by atoms with Gasteiger partial charge in [-0.2, -0.15) is 5.21 Å². The van der Waals surface area contributed by atoms with Crippen molar-refractivity contribution in [3.8, 4) is 0 Å². The molecule has 2 aromatic rings. The fraction of sp³-hybridized carbons (Fsp3) is 0.467. The Kier molecular flexibility index (Phi) is 5.60. The number of H-pyrrole nitrogens is 1. The van der Waals surface area contributed by atoms with Crippen LogP contribution >= 0.6 is 0 Å². The molecular formula is C15H21N5O2. The van der Waals surface area contributed by atoms with Crippen molar-refractivity contribution in [2.75, 3.05) is 0 Å². The third kappa shape index (κ3) is 3.88. The molecule has 4 N–H and O–H groups in total. The van der Waals surface area contributed by atoms with Gasteiger partial charge in [0, 0.05) is 12.5 Å². The van der Waals surface area contributed by atoms with E-state index in [4.69, 9.17) is 5.73 Å². The lowest BCUT2D eigenvalue weighted by atomic mass is 9.83. The number of aliphatic carboxylic acids is 1. The van der Waals surface area contributed by atoms with E-state index < -0.39 is 11.9 Å². The lowest BCUT2D eigenvalue weighted by Gasteiger charge is -2.21. The van der Waals surface area contributed by atoms with Crippen LogP contribution in [0.1, 0.15) is 42.6 Å². The van der Waals surface area contributed by atoms with Gasteiger partial charge in [0.15, 0.2) is 5.82 Å². The van der Waals surface area contributed by atoms with Crippen LogP contribution in [0.3, 0.4) is 0 Å². The van der Waals surface area contributed by atoms with Crippen LogP contribution in [-0.4, -0.2) is 31.7 Å². The highest BCUT2D eigenvalue weighted by molar-refractivity contribution is 5.71. The molecule has 22 heavy (non-hydrogen) atoms. The minimum atomic E-state index is -0.824. The SMILES string of the molecule is CCCC(C(=O)O)C(Cc1ccc(CN)cc1)c1nn[nH]n1. The largest absolute Gasteiger partial charge is 0.481 e. The van der Waals surface area contributed by atoms with Crippen molar-refractivity contribution in [1.82, 2.24) is 20.6 Å². The van der Waals surface area contributed by atoms with E-state index >= 15 is 0 Å². The third-order valence-corrected chi connectivity index (χ3v) is 3.81. The summed E-state index contributed by atoms with van der Waals surface area (Å²) in [5, 5.41) is 23.5. The van der Waals surface area contributed by atoms with Crippen molar-refractivity contribution in [2.45, 2.75) is 38.6 Å². The van der Waals surface area contributed by atoms with Crippen LogP contribution in [0.4, 0.5) is 0 Å². The highest BCUT2D eigenvalue weighted by Crippen LogP contribution is 2.29. The molecular weight excluding hydrogens is 282 g/mol. The molecule has 0 aliphatic rings. The van der Waals surface area contributed by atoms with Gasteiger partial charge in [-0.1, -0.05) is 42.8 Å². The number of carbonyl (C=O) groups is 1. The minimum Gasteiger partial charge on any atom is -0.481 e. The Bertz CT molecular complexity index is 582. The average Bonchev–Trinajstić information content (AvgIpc) is 3.05. The maximum atomic E-state index is 11.6. The molecule has 0 fully saturated rings. The fourth-order valence-corrected chi connectivity index (χ4v) is 2.61. The van der Waals surface area contributed by atoms with Crippen molar-refractivity contribution in [2.24, 2.45) is 11.7 Å². The van der Waals surface area contributed by atoms with Crippen LogP contribution < -0.4 is 5.73 Å². The Hall–Kier alpha value is -2.28. The Morgan fingerprint density at radius 3 is 2.50 bits per heavy atom. The predicted octanol–water partition coefficient (Wildman–Crippen LogP) is 1.49. The fourth-order valence-electron chi connectivity index (χ4n) is 2.61. The van der Waals surface area contributed by atoms with Crippen LogP contribution in [-0.2, 0) is 17.8 Å². The van der Waals surface area contributed by atoms with Gasteiger partial charge in [-0.3, -0.25) is 4.79 Å². The standard InChI is InChI=1S/C15H21N5O2/c1-2-3-12(15(21)22)13(14-17-19-20-18-14)8-10-4-6-11(9-16)7-5-10/h4-7,12-13H,2-3,8-9,16H2,1H3,(H,21,22)(H,17,18,19,20). The van der Waals surface area contributed by atoms with Gasteiger partial charge < -0.3 is 10.8 Å². The normalized spacial score (nSPS) is 13.7. The second kappa shape index (κ2) is 7.65. The van der Waals surface area contributed by atoms with Gasteiger partial charge >= 0.3 is 5.97 Å². The number of nitrogens with two attached hydrogens (primary N) is 1. The number of aromatic amines is 1. The molecule has 118 valence electrons. The third-order valence-electron chi connectivity index (χ3n) is 3.81. The number of nitrogens with zero attached hydrogens (tertiary/aromatic N) is 3. The van der Waals surface area contributed by atoms with E-state index in [9.17, 15) is 9.90 Å². The zero-order valence-corrected chi connectivity index (χ0v) is 12.6. The number of carboxylic acid groups (broad SMARTS) is 1. The van der Waals surface area contributed by atoms with E-state index in [-0.39, 0.29) is 5.92 Å². The van der Waals surface area contributed by atoms with Crippen LogP contribution in [0.5, 0.6) is 0 Å². The first-order chi connectivity index (χ1) is 10.7. The summed E-state index contributed by atoms with van der Waals surface area (Å²) in [6, 6.07) is 7.86.